The first-order chi connectivity index (χ1) is 7.70. The smallest absolute Gasteiger partial charge is 0.511 e. The first-order valence-corrected chi connectivity index (χ1v) is 4.80. The van der Waals surface area contributed by atoms with E-state index in [9.17, 15) is 0 Å². The van der Waals surface area contributed by atoms with Crippen molar-refractivity contribution >= 4 is 18.1 Å². The van der Waals surface area contributed by atoms with Crippen LogP contribution in [0, 0.1) is 0 Å². The Bertz CT molecular complexity index is 498. The fourth-order valence-corrected chi connectivity index (χ4v) is 1.58. The largest absolute Gasteiger partial charge is 0.707 e. The van der Waals surface area contributed by atoms with Crippen LogP contribution in [0.25, 0.3) is 10.8 Å². The van der Waals surface area contributed by atoms with E-state index >= 15 is 0 Å². The van der Waals surface area contributed by atoms with Gasteiger partial charge in [-0.05, 0) is 11.5 Å². The number of methoxy groups -OCH3 is 1. The van der Waals surface area contributed by atoms with Crippen LogP contribution in [0.1, 0.15) is 0 Å². The van der Waals surface area contributed by atoms with E-state index in [4.69, 9.17) is 19.4 Å². The zero-order valence-corrected chi connectivity index (χ0v) is 8.75. The second-order valence-electron chi connectivity index (χ2n) is 3.29. The number of hydrogen-bond acceptors (Lipinski definition) is 4. The Morgan fingerprint density at radius 2 is 1.88 bits per heavy atom. The van der Waals surface area contributed by atoms with Crippen molar-refractivity contribution in [3.8, 4) is 11.5 Å². The molecule has 5 heteroatoms. The number of hydrogen-bond donors (Lipinski definition) is 2. The summed E-state index contributed by atoms with van der Waals surface area (Å²) in [5.74, 6) is 0.985. The first-order valence-electron chi connectivity index (χ1n) is 4.80. The lowest BCUT2D eigenvalue weighted by Crippen LogP contribution is -2.20. The molecule has 0 radical (unpaired) electrons. The summed E-state index contributed by atoms with van der Waals surface area (Å²) in [5.41, 5.74) is 0. The van der Waals surface area contributed by atoms with Crippen molar-refractivity contribution in [1.29, 1.82) is 0 Å². The average molecular weight is 218 g/mol. The fraction of sp³-hybridized carbons (Fsp3) is 0.0909. The van der Waals surface area contributed by atoms with E-state index < -0.39 is 7.32 Å². The maximum Gasteiger partial charge on any atom is 0.707 e. The maximum atomic E-state index is 8.82. The Kier molecular flexibility index (Phi) is 2.98. The van der Waals surface area contributed by atoms with Gasteiger partial charge in [-0.15, -0.1) is 0 Å². The highest BCUT2D eigenvalue weighted by Crippen LogP contribution is 2.31. The van der Waals surface area contributed by atoms with Gasteiger partial charge in [0.05, 0.1) is 7.11 Å². The van der Waals surface area contributed by atoms with Gasteiger partial charge in [0, 0.05) is 11.5 Å². The van der Waals surface area contributed by atoms with E-state index in [1.165, 1.54) is 0 Å². The molecule has 2 aromatic rings. The molecule has 0 saturated heterocycles. The van der Waals surface area contributed by atoms with Crippen molar-refractivity contribution in [3.63, 3.8) is 0 Å². The molecule has 0 fully saturated rings. The van der Waals surface area contributed by atoms with Crippen LogP contribution in [0.2, 0.25) is 0 Å². The van der Waals surface area contributed by atoms with Crippen molar-refractivity contribution in [2.75, 3.05) is 7.11 Å². The molecule has 0 unspecified atom stereocenters. The molecule has 0 atom stereocenters. The number of fused-ring (bicyclic) bond motifs is 1. The van der Waals surface area contributed by atoms with Gasteiger partial charge in [-0.2, -0.15) is 0 Å². The van der Waals surface area contributed by atoms with Gasteiger partial charge in [0.15, 0.2) is 0 Å². The van der Waals surface area contributed by atoms with Crippen LogP contribution in [-0.2, 0) is 0 Å². The minimum atomic E-state index is -1.84. The summed E-state index contributed by atoms with van der Waals surface area (Å²) in [6, 6.07) is 10.9. The van der Waals surface area contributed by atoms with Crippen LogP contribution in [0.3, 0.4) is 0 Å². The highest BCUT2D eigenvalue weighted by molar-refractivity contribution is 6.34. The molecule has 4 nitrogen and oxygen atoms in total. The molecule has 0 amide bonds. The minimum Gasteiger partial charge on any atom is -0.511 e. The molecule has 2 N–H and O–H groups in total. The van der Waals surface area contributed by atoms with Gasteiger partial charge in [0.1, 0.15) is 11.5 Å². The van der Waals surface area contributed by atoms with E-state index in [-0.39, 0.29) is 0 Å². The van der Waals surface area contributed by atoms with Gasteiger partial charge >= 0.3 is 7.32 Å². The third-order valence-electron chi connectivity index (χ3n) is 2.27. The Hall–Kier alpha value is -1.72. The Balaban J connectivity index is 2.59. The summed E-state index contributed by atoms with van der Waals surface area (Å²) >= 11 is 0. The predicted molar refractivity (Wildman–Crippen MR) is 61.3 cm³/mol. The van der Waals surface area contributed by atoms with E-state index in [1.54, 1.807) is 13.2 Å². The standard InChI is InChI=1S/C11H11BO4/c1-15-9-6-8-4-2-3-5-10(8)11(7-9)16-12(13)14/h2-7,13-14H,1H3. The zero-order valence-electron chi connectivity index (χ0n) is 8.75. The zero-order chi connectivity index (χ0) is 11.5. The highest BCUT2D eigenvalue weighted by atomic mass is 16.6. The third kappa shape index (κ3) is 2.10. The molecule has 0 aliphatic carbocycles. The van der Waals surface area contributed by atoms with Crippen LogP contribution in [0.4, 0.5) is 0 Å². The molecule has 82 valence electrons. The van der Waals surface area contributed by atoms with Crippen molar-refractivity contribution in [1.82, 2.24) is 0 Å². The van der Waals surface area contributed by atoms with Crippen LogP contribution in [0.15, 0.2) is 36.4 Å². The summed E-state index contributed by atoms with van der Waals surface area (Å²) in [7, 11) is -0.293. The van der Waals surface area contributed by atoms with Gasteiger partial charge < -0.3 is 19.4 Å². The molecule has 0 aromatic heterocycles. The van der Waals surface area contributed by atoms with E-state index in [2.05, 4.69) is 0 Å². The Morgan fingerprint density at radius 1 is 1.12 bits per heavy atom. The SMILES string of the molecule is COc1cc(OB(O)O)c2ccccc2c1. The quantitative estimate of drug-likeness (QED) is 0.759. The topological polar surface area (TPSA) is 58.9 Å². The Morgan fingerprint density at radius 3 is 2.56 bits per heavy atom. The van der Waals surface area contributed by atoms with Crippen molar-refractivity contribution in [2.45, 2.75) is 0 Å². The van der Waals surface area contributed by atoms with Crippen LogP contribution in [-0.4, -0.2) is 24.5 Å². The van der Waals surface area contributed by atoms with Gasteiger partial charge in [0.25, 0.3) is 0 Å². The molecule has 2 rings (SSSR count). The lowest BCUT2D eigenvalue weighted by atomic mass is 10.1. The number of ether oxygens (including phenoxy) is 1. The van der Waals surface area contributed by atoms with Crippen molar-refractivity contribution < 1.29 is 19.4 Å². The summed E-state index contributed by atoms with van der Waals surface area (Å²) in [4.78, 5) is 0. The second kappa shape index (κ2) is 4.43. The molecule has 16 heavy (non-hydrogen) atoms. The molecule has 0 saturated carbocycles. The molecular formula is C11H11BO4. The average Bonchev–Trinajstić information content (AvgIpc) is 2.28. The van der Waals surface area contributed by atoms with Crippen molar-refractivity contribution in [3.05, 3.63) is 36.4 Å². The molecular weight excluding hydrogens is 207 g/mol. The Labute approximate surface area is 93.2 Å². The van der Waals surface area contributed by atoms with Gasteiger partial charge in [-0.3, -0.25) is 0 Å². The molecule has 2 aromatic carbocycles. The summed E-state index contributed by atoms with van der Waals surface area (Å²) < 4.78 is 10.0. The highest BCUT2D eigenvalue weighted by Gasteiger charge is 2.14. The number of rotatable bonds is 3. The first kappa shape index (κ1) is 10.8. The summed E-state index contributed by atoms with van der Waals surface area (Å²) in [5, 5.41) is 19.4. The normalized spacial score (nSPS) is 10.2. The van der Waals surface area contributed by atoms with Crippen molar-refractivity contribution in [2.24, 2.45) is 0 Å². The molecule has 0 aliphatic heterocycles. The monoisotopic (exact) mass is 218 g/mol. The van der Waals surface area contributed by atoms with Gasteiger partial charge in [-0.1, -0.05) is 24.3 Å². The summed E-state index contributed by atoms with van der Waals surface area (Å²) in [6.45, 7) is 0. The van der Waals surface area contributed by atoms with E-state index in [1.807, 2.05) is 30.3 Å². The predicted octanol–water partition coefficient (Wildman–Crippen LogP) is 1.20. The number of benzene rings is 2. The maximum absolute atomic E-state index is 8.82. The third-order valence-corrected chi connectivity index (χ3v) is 2.27. The lowest BCUT2D eigenvalue weighted by molar-refractivity contribution is 0.289. The summed E-state index contributed by atoms with van der Waals surface area (Å²) in [6.07, 6.45) is 0. The second-order valence-corrected chi connectivity index (χ2v) is 3.29. The van der Waals surface area contributed by atoms with Crippen LogP contribution >= 0.6 is 0 Å². The molecule has 0 heterocycles. The fourth-order valence-electron chi connectivity index (χ4n) is 1.58. The minimum absolute atomic E-state index is 0.380. The van der Waals surface area contributed by atoms with E-state index in [0.717, 1.165) is 10.8 Å². The van der Waals surface area contributed by atoms with Gasteiger partial charge in [0.2, 0.25) is 0 Å². The molecule has 0 bridgehead atoms. The lowest BCUT2D eigenvalue weighted by Gasteiger charge is -2.10. The van der Waals surface area contributed by atoms with Crippen LogP contribution in [0.5, 0.6) is 11.5 Å². The van der Waals surface area contributed by atoms with E-state index in [0.29, 0.717) is 11.5 Å². The van der Waals surface area contributed by atoms with Crippen LogP contribution < -0.4 is 9.39 Å². The molecule has 0 spiro atoms. The van der Waals surface area contributed by atoms with Gasteiger partial charge in [-0.25, -0.2) is 0 Å². The molecule has 0 aliphatic rings.